The number of thioether (sulfide) groups is 1. The van der Waals surface area contributed by atoms with Gasteiger partial charge in [0, 0.05) is 0 Å². The molecular formula is C7H15NS. The van der Waals surface area contributed by atoms with Gasteiger partial charge in [0.25, 0.3) is 0 Å². The van der Waals surface area contributed by atoms with Crippen LogP contribution in [0.1, 0.15) is 33.1 Å². The minimum atomic E-state index is 0.742. The fourth-order valence-electron chi connectivity index (χ4n) is 0.577. The lowest BCUT2D eigenvalue weighted by atomic mass is 10.3. The third-order valence-corrected chi connectivity index (χ3v) is 1.99. The highest BCUT2D eigenvalue weighted by Crippen LogP contribution is 2.06. The van der Waals surface area contributed by atoms with Crippen LogP contribution in [0.5, 0.6) is 0 Å². The first-order valence-electron chi connectivity index (χ1n) is 3.45. The minimum absolute atomic E-state index is 0.742. The first-order chi connectivity index (χ1) is 4.27. The molecule has 0 aliphatic heterocycles. The molecule has 0 heterocycles. The van der Waals surface area contributed by atoms with E-state index in [4.69, 9.17) is 5.41 Å². The summed E-state index contributed by atoms with van der Waals surface area (Å²) in [5, 5.41) is 7.83. The van der Waals surface area contributed by atoms with Crippen molar-refractivity contribution < 1.29 is 0 Å². The van der Waals surface area contributed by atoms with Gasteiger partial charge in [0.15, 0.2) is 0 Å². The van der Waals surface area contributed by atoms with Gasteiger partial charge >= 0.3 is 0 Å². The lowest BCUT2D eigenvalue weighted by Gasteiger charge is -1.95. The van der Waals surface area contributed by atoms with Crippen molar-refractivity contribution in [3.8, 4) is 0 Å². The average molecular weight is 145 g/mol. The van der Waals surface area contributed by atoms with E-state index >= 15 is 0 Å². The van der Waals surface area contributed by atoms with Crippen molar-refractivity contribution in [3.63, 3.8) is 0 Å². The number of hydrogen-bond acceptors (Lipinski definition) is 2. The first-order valence-corrected chi connectivity index (χ1v) is 4.44. The minimum Gasteiger partial charge on any atom is -0.299 e. The Bertz CT molecular complexity index is 81.0. The molecule has 0 saturated heterocycles. The molecule has 1 N–H and O–H groups in total. The second kappa shape index (κ2) is 6.14. The summed E-state index contributed by atoms with van der Waals surface area (Å²) in [6, 6.07) is 0. The van der Waals surface area contributed by atoms with E-state index in [2.05, 4.69) is 6.92 Å². The van der Waals surface area contributed by atoms with E-state index in [1.807, 2.05) is 6.92 Å². The second-order valence-corrected chi connectivity index (χ2v) is 3.42. The molecule has 0 atom stereocenters. The van der Waals surface area contributed by atoms with Crippen molar-refractivity contribution in [2.24, 2.45) is 0 Å². The van der Waals surface area contributed by atoms with Crippen molar-refractivity contribution in [2.75, 3.05) is 5.75 Å². The molecule has 0 aliphatic carbocycles. The molecule has 0 amide bonds. The van der Waals surface area contributed by atoms with E-state index in [0.29, 0.717) is 0 Å². The van der Waals surface area contributed by atoms with Gasteiger partial charge in [-0.15, -0.1) is 11.8 Å². The van der Waals surface area contributed by atoms with Crippen LogP contribution in [0.2, 0.25) is 0 Å². The summed E-state index contributed by atoms with van der Waals surface area (Å²) >= 11 is 1.65. The molecule has 54 valence electrons. The second-order valence-electron chi connectivity index (χ2n) is 2.11. The largest absolute Gasteiger partial charge is 0.299 e. The maximum Gasteiger partial charge on any atom is 0.0610 e. The van der Waals surface area contributed by atoms with Crippen LogP contribution < -0.4 is 0 Å². The molecule has 0 spiro atoms. The van der Waals surface area contributed by atoms with Crippen LogP contribution >= 0.6 is 11.8 Å². The number of unbranched alkanes of at least 4 members (excludes halogenated alkanes) is 2. The lowest BCUT2D eigenvalue weighted by molar-refractivity contribution is 0.779. The van der Waals surface area contributed by atoms with E-state index in [1.165, 1.54) is 19.3 Å². The average Bonchev–Trinajstić information content (AvgIpc) is 1.80. The molecule has 0 aromatic rings. The van der Waals surface area contributed by atoms with Crippen LogP contribution in [0.3, 0.4) is 0 Å². The summed E-state index contributed by atoms with van der Waals surface area (Å²) in [7, 11) is 0. The summed E-state index contributed by atoms with van der Waals surface area (Å²) in [4.78, 5) is 0. The van der Waals surface area contributed by atoms with Gasteiger partial charge in [-0.05, 0) is 19.1 Å². The third kappa shape index (κ3) is 8.02. The van der Waals surface area contributed by atoms with Gasteiger partial charge in [-0.1, -0.05) is 19.8 Å². The zero-order chi connectivity index (χ0) is 7.11. The predicted octanol–water partition coefficient (Wildman–Crippen LogP) is 2.91. The highest BCUT2D eigenvalue weighted by molar-refractivity contribution is 8.13. The molecule has 0 rings (SSSR count). The molecule has 0 fully saturated rings. The standard InChI is InChI=1S/C7H15NS/c1-3-4-5-6-9-7(2)8/h8H,3-6H2,1-2H3. The van der Waals surface area contributed by atoms with Crippen LogP contribution in [-0.2, 0) is 0 Å². The van der Waals surface area contributed by atoms with Gasteiger partial charge in [-0.3, -0.25) is 5.41 Å². The van der Waals surface area contributed by atoms with Gasteiger partial charge in [-0.25, -0.2) is 0 Å². The highest BCUT2D eigenvalue weighted by Gasteiger charge is 1.88. The van der Waals surface area contributed by atoms with E-state index in [-0.39, 0.29) is 0 Å². The molecule has 1 nitrogen and oxygen atoms in total. The van der Waals surface area contributed by atoms with E-state index in [1.54, 1.807) is 11.8 Å². The molecule has 9 heavy (non-hydrogen) atoms. The fraction of sp³-hybridized carbons (Fsp3) is 0.857. The summed E-state index contributed by atoms with van der Waals surface area (Å²) in [5.41, 5.74) is 0. The smallest absolute Gasteiger partial charge is 0.0610 e. The van der Waals surface area contributed by atoms with E-state index in [9.17, 15) is 0 Å². The maximum atomic E-state index is 7.09. The van der Waals surface area contributed by atoms with Crippen LogP contribution in [0.25, 0.3) is 0 Å². The zero-order valence-corrected chi connectivity index (χ0v) is 7.05. The Morgan fingerprint density at radius 3 is 2.56 bits per heavy atom. The predicted molar refractivity (Wildman–Crippen MR) is 45.4 cm³/mol. The van der Waals surface area contributed by atoms with Crippen molar-refractivity contribution in [3.05, 3.63) is 0 Å². The summed E-state index contributed by atoms with van der Waals surface area (Å²) < 4.78 is 0. The Labute approximate surface area is 61.7 Å². The van der Waals surface area contributed by atoms with Crippen LogP contribution in [0.4, 0.5) is 0 Å². The monoisotopic (exact) mass is 145 g/mol. The first kappa shape index (κ1) is 9.02. The quantitative estimate of drug-likeness (QED) is 0.367. The third-order valence-electron chi connectivity index (χ3n) is 1.07. The summed E-state index contributed by atoms with van der Waals surface area (Å²) in [6.45, 7) is 4.04. The Hall–Kier alpha value is 0.0200. The molecule has 2 heteroatoms. The van der Waals surface area contributed by atoms with Crippen molar-refractivity contribution >= 4 is 16.8 Å². The zero-order valence-electron chi connectivity index (χ0n) is 6.24. The molecule has 0 aromatic heterocycles. The van der Waals surface area contributed by atoms with E-state index < -0.39 is 0 Å². The molecule has 0 saturated carbocycles. The highest BCUT2D eigenvalue weighted by atomic mass is 32.2. The van der Waals surface area contributed by atoms with Crippen LogP contribution in [0.15, 0.2) is 0 Å². The van der Waals surface area contributed by atoms with Crippen molar-refractivity contribution in [1.82, 2.24) is 0 Å². The summed E-state index contributed by atoms with van der Waals surface area (Å²) in [6.07, 6.45) is 3.84. The SMILES string of the molecule is CCCCCSC(C)=N. The fourth-order valence-corrected chi connectivity index (χ4v) is 1.23. The number of nitrogens with one attached hydrogen (secondary N) is 1. The van der Waals surface area contributed by atoms with Gasteiger partial charge in [-0.2, -0.15) is 0 Å². The maximum absolute atomic E-state index is 7.09. The Kier molecular flexibility index (Phi) is 6.16. The Balaban J connectivity index is 2.83. The number of hydrogen-bond donors (Lipinski definition) is 1. The van der Waals surface area contributed by atoms with Gasteiger partial charge in [0.2, 0.25) is 0 Å². The van der Waals surface area contributed by atoms with E-state index in [0.717, 1.165) is 10.8 Å². The molecule has 0 aromatic carbocycles. The van der Waals surface area contributed by atoms with Crippen LogP contribution in [0, 0.1) is 5.41 Å². The Morgan fingerprint density at radius 1 is 1.44 bits per heavy atom. The normalized spacial score (nSPS) is 9.56. The van der Waals surface area contributed by atoms with Crippen LogP contribution in [-0.4, -0.2) is 10.8 Å². The molecule has 0 unspecified atom stereocenters. The van der Waals surface area contributed by atoms with Crippen molar-refractivity contribution in [1.29, 1.82) is 5.41 Å². The molecule has 0 radical (unpaired) electrons. The number of rotatable bonds is 4. The topological polar surface area (TPSA) is 23.9 Å². The lowest BCUT2D eigenvalue weighted by Crippen LogP contribution is -1.84. The van der Waals surface area contributed by atoms with Gasteiger partial charge in [0.1, 0.15) is 0 Å². The van der Waals surface area contributed by atoms with Gasteiger partial charge < -0.3 is 0 Å². The van der Waals surface area contributed by atoms with Crippen molar-refractivity contribution in [2.45, 2.75) is 33.1 Å². The summed E-state index contributed by atoms with van der Waals surface area (Å²) in [5.74, 6) is 1.13. The Morgan fingerprint density at radius 2 is 2.11 bits per heavy atom. The van der Waals surface area contributed by atoms with Gasteiger partial charge in [0.05, 0.1) is 5.04 Å². The molecular weight excluding hydrogens is 130 g/mol. The molecule has 0 aliphatic rings. The molecule has 0 bridgehead atoms.